The maximum Gasteiger partial charge on any atom is 0.410 e. The fraction of sp³-hybridized carbons (Fsp3) is 0.500. The standard InChI is InChI=1S/C4H3Cl2F3/c5-2-3(6)1-4(7,8)9/h1H,2H2/b3-1-. The molecule has 0 atom stereocenters. The first kappa shape index (κ1) is 9.11. The predicted octanol–water partition coefficient (Wildman–Crippen LogP) is 2.91. The number of rotatable bonds is 1. The van der Waals surface area contributed by atoms with Crippen molar-refractivity contribution in [3.8, 4) is 0 Å². The van der Waals surface area contributed by atoms with Crippen molar-refractivity contribution in [2.75, 3.05) is 5.88 Å². The fourth-order valence-corrected chi connectivity index (χ4v) is 0.417. The van der Waals surface area contributed by atoms with Crippen molar-refractivity contribution >= 4 is 23.2 Å². The zero-order valence-corrected chi connectivity index (χ0v) is 5.69. The Labute approximate surface area is 60.2 Å². The molecule has 0 saturated heterocycles. The minimum Gasteiger partial charge on any atom is -0.167 e. The van der Waals surface area contributed by atoms with Gasteiger partial charge in [0.1, 0.15) is 0 Å². The number of hydrogen-bond acceptors (Lipinski definition) is 0. The van der Waals surface area contributed by atoms with Gasteiger partial charge in [-0.15, -0.1) is 11.6 Å². The molecule has 0 aliphatic heterocycles. The van der Waals surface area contributed by atoms with E-state index < -0.39 is 11.2 Å². The molecule has 0 N–H and O–H groups in total. The third kappa shape index (κ3) is 5.99. The monoisotopic (exact) mass is 178 g/mol. The zero-order chi connectivity index (χ0) is 7.49. The van der Waals surface area contributed by atoms with Crippen LogP contribution in [0.2, 0.25) is 0 Å². The highest BCUT2D eigenvalue weighted by Crippen LogP contribution is 2.20. The van der Waals surface area contributed by atoms with Gasteiger partial charge < -0.3 is 0 Å². The topological polar surface area (TPSA) is 0 Å². The van der Waals surface area contributed by atoms with Crippen LogP contribution in [0.15, 0.2) is 11.1 Å². The highest BCUT2D eigenvalue weighted by Gasteiger charge is 2.23. The maximum absolute atomic E-state index is 11.3. The van der Waals surface area contributed by atoms with Crippen molar-refractivity contribution in [1.29, 1.82) is 0 Å². The van der Waals surface area contributed by atoms with Crippen molar-refractivity contribution in [2.45, 2.75) is 6.18 Å². The Morgan fingerprint density at radius 2 is 1.89 bits per heavy atom. The summed E-state index contributed by atoms with van der Waals surface area (Å²) in [6.45, 7) is 0. The second-order valence-electron chi connectivity index (χ2n) is 1.27. The van der Waals surface area contributed by atoms with Crippen LogP contribution < -0.4 is 0 Å². The van der Waals surface area contributed by atoms with Crippen LogP contribution in [0.3, 0.4) is 0 Å². The zero-order valence-electron chi connectivity index (χ0n) is 4.17. The molecule has 0 aliphatic rings. The summed E-state index contributed by atoms with van der Waals surface area (Å²) in [7, 11) is 0. The molecule has 5 heteroatoms. The van der Waals surface area contributed by atoms with Gasteiger partial charge in [0.15, 0.2) is 0 Å². The molecule has 0 aromatic rings. The SMILES string of the molecule is FC(F)(F)/C=C(\Cl)CCl. The molecule has 0 aromatic carbocycles. The molecule has 0 nitrogen and oxygen atoms in total. The van der Waals surface area contributed by atoms with E-state index in [0.29, 0.717) is 0 Å². The molecular weight excluding hydrogens is 176 g/mol. The van der Waals surface area contributed by atoms with Crippen molar-refractivity contribution in [3.63, 3.8) is 0 Å². The van der Waals surface area contributed by atoms with E-state index in [2.05, 4.69) is 0 Å². The van der Waals surface area contributed by atoms with Crippen LogP contribution in [-0.2, 0) is 0 Å². The van der Waals surface area contributed by atoms with Crippen molar-refractivity contribution in [3.05, 3.63) is 11.1 Å². The molecule has 0 amide bonds. The second-order valence-corrected chi connectivity index (χ2v) is 2.02. The van der Waals surface area contributed by atoms with E-state index in [1.165, 1.54) is 0 Å². The number of hydrogen-bond donors (Lipinski definition) is 0. The Balaban J connectivity index is 3.95. The third-order valence-corrected chi connectivity index (χ3v) is 1.12. The minimum absolute atomic E-state index is 0.0401. The van der Waals surface area contributed by atoms with E-state index in [1.807, 2.05) is 0 Å². The van der Waals surface area contributed by atoms with Gasteiger partial charge in [-0.3, -0.25) is 0 Å². The van der Waals surface area contributed by atoms with Crippen LogP contribution in [-0.4, -0.2) is 12.1 Å². The summed E-state index contributed by atoms with van der Waals surface area (Å²) in [5, 5.41) is -0.399. The maximum atomic E-state index is 11.3. The summed E-state index contributed by atoms with van der Waals surface area (Å²) in [6, 6.07) is 0. The molecular formula is C4H3Cl2F3. The van der Waals surface area contributed by atoms with Gasteiger partial charge in [0.2, 0.25) is 0 Å². The summed E-state index contributed by atoms with van der Waals surface area (Å²) in [5.74, 6) is -0.304. The summed E-state index contributed by atoms with van der Waals surface area (Å²) >= 11 is 9.92. The lowest BCUT2D eigenvalue weighted by Crippen LogP contribution is -2.02. The molecule has 0 bridgehead atoms. The Bertz CT molecular complexity index is 115. The molecule has 54 valence electrons. The average molecular weight is 179 g/mol. The van der Waals surface area contributed by atoms with E-state index in [9.17, 15) is 13.2 Å². The van der Waals surface area contributed by atoms with Gasteiger partial charge in [-0.05, 0) is 0 Å². The fourth-order valence-electron chi connectivity index (χ4n) is 0.216. The average Bonchev–Trinajstić information content (AvgIpc) is 1.62. The number of allylic oxidation sites excluding steroid dienone is 2. The summed E-state index contributed by atoms with van der Waals surface area (Å²) in [4.78, 5) is 0. The second kappa shape index (κ2) is 3.32. The lowest BCUT2D eigenvalue weighted by Gasteiger charge is -1.97. The highest BCUT2D eigenvalue weighted by molar-refractivity contribution is 6.35. The number of alkyl halides is 4. The van der Waals surface area contributed by atoms with Crippen molar-refractivity contribution in [2.24, 2.45) is 0 Å². The first-order chi connectivity index (χ1) is 3.95. The normalized spacial score (nSPS) is 14.1. The molecule has 9 heavy (non-hydrogen) atoms. The van der Waals surface area contributed by atoms with Gasteiger partial charge in [-0.1, -0.05) is 11.6 Å². The Hall–Kier alpha value is 0.110. The summed E-state index contributed by atoms with van der Waals surface area (Å²) < 4.78 is 33.8. The van der Waals surface area contributed by atoms with Gasteiger partial charge in [-0.2, -0.15) is 13.2 Å². The minimum atomic E-state index is -4.36. The molecule has 0 heterocycles. The molecule has 0 saturated carbocycles. The molecule has 0 aliphatic carbocycles. The Kier molecular flexibility index (Phi) is 3.36. The van der Waals surface area contributed by atoms with Crippen LogP contribution in [0, 0.1) is 0 Å². The van der Waals surface area contributed by atoms with E-state index in [-0.39, 0.29) is 12.0 Å². The molecule has 0 spiro atoms. The van der Waals surface area contributed by atoms with Gasteiger partial charge in [0.25, 0.3) is 0 Å². The molecule has 0 rings (SSSR count). The van der Waals surface area contributed by atoms with E-state index in [4.69, 9.17) is 23.2 Å². The third-order valence-electron chi connectivity index (χ3n) is 0.448. The lowest BCUT2D eigenvalue weighted by atomic mass is 10.5. The molecule has 0 fully saturated rings. The molecule has 0 aromatic heterocycles. The van der Waals surface area contributed by atoms with Crippen molar-refractivity contribution in [1.82, 2.24) is 0 Å². The van der Waals surface area contributed by atoms with Gasteiger partial charge in [0, 0.05) is 11.1 Å². The lowest BCUT2D eigenvalue weighted by molar-refractivity contribution is -0.0801. The quantitative estimate of drug-likeness (QED) is 0.542. The number of halogens is 5. The Morgan fingerprint density at radius 1 is 1.44 bits per heavy atom. The van der Waals surface area contributed by atoms with Gasteiger partial charge >= 0.3 is 6.18 Å². The molecule has 0 unspecified atom stereocenters. The highest BCUT2D eigenvalue weighted by atomic mass is 35.5. The smallest absolute Gasteiger partial charge is 0.167 e. The van der Waals surface area contributed by atoms with Crippen molar-refractivity contribution < 1.29 is 13.2 Å². The van der Waals surface area contributed by atoms with Crippen LogP contribution in [0.1, 0.15) is 0 Å². The van der Waals surface area contributed by atoms with E-state index >= 15 is 0 Å². The molecule has 0 radical (unpaired) electrons. The Morgan fingerprint density at radius 3 is 2.00 bits per heavy atom. The van der Waals surface area contributed by atoms with E-state index in [1.54, 1.807) is 0 Å². The first-order valence-electron chi connectivity index (χ1n) is 1.95. The summed E-state index contributed by atoms with van der Waals surface area (Å²) in [5.41, 5.74) is 0. The van der Waals surface area contributed by atoms with Crippen LogP contribution in [0.4, 0.5) is 13.2 Å². The van der Waals surface area contributed by atoms with Gasteiger partial charge in [0.05, 0.1) is 5.88 Å². The largest absolute Gasteiger partial charge is 0.410 e. The summed E-state index contributed by atoms with van der Waals surface area (Å²) in [6.07, 6.45) is -4.40. The van der Waals surface area contributed by atoms with Gasteiger partial charge in [-0.25, -0.2) is 0 Å². The van der Waals surface area contributed by atoms with Crippen LogP contribution >= 0.6 is 23.2 Å². The van der Waals surface area contributed by atoms with Crippen LogP contribution in [0.5, 0.6) is 0 Å². The predicted molar refractivity (Wildman–Crippen MR) is 30.7 cm³/mol. The van der Waals surface area contributed by atoms with E-state index in [0.717, 1.165) is 0 Å². The first-order valence-corrected chi connectivity index (χ1v) is 2.87. The van der Waals surface area contributed by atoms with Crippen LogP contribution in [0.25, 0.3) is 0 Å².